The molecule has 0 aliphatic heterocycles. The number of carbonyl (C=O) groups is 1. The molecule has 3 rings (SSSR count). The third kappa shape index (κ3) is 6.53. The summed E-state index contributed by atoms with van der Waals surface area (Å²) in [4.78, 5) is 27.0. The van der Waals surface area contributed by atoms with Crippen molar-refractivity contribution in [3.05, 3.63) is 35.9 Å². The summed E-state index contributed by atoms with van der Waals surface area (Å²) in [7, 11) is 3.77. The molecule has 158 valence electrons. The maximum Gasteiger partial charge on any atom is 0.151 e. The summed E-state index contributed by atoms with van der Waals surface area (Å²) in [6.45, 7) is 1.05. The van der Waals surface area contributed by atoms with Gasteiger partial charge in [0.15, 0.2) is 5.78 Å². The Morgan fingerprint density at radius 3 is 2.60 bits per heavy atom. The highest BCUT2D eigenvalue weighted by molar-refractivity contribution is 5.83. The van der Waals surface area contributed by atoms with Gasteiger partial charge < -0.3 is 15.0 Å². The Kier molecular flexibility index (Phi) is 7.75. The molecular formula is C23H29N5O2. The van der Waals surface area contributed by atoms with Crippen molar-refractivity contribution >= 4 is 17.4 Å². The highest BCUT2D eigenvalue weighted by atomic mass is 16.5. The van der Waals surface area contributed by atoms with Gasteiger partial charge in [-0.15, -0.1) is 6.42 Å². The minimum Gasteiger partial charge on any atom is -0.493 e. The highest BCUT2D eigenvalue weighted by Gasteiger charge is 2.17. The number of likely N-dealkylation sites (N-methyl/N-ethyl adjacent to an activating group) is 1. The minimum atomic E-state index is 0.126. The molecule has 30 heavy (non-hydrogen) atoms. The molecule has 2 aromatic rings. The molecule has 0 aromatic carbocycles. The van der Waals surface area contributed by atoms with Crippen LogP contribution in [0.1, 0.15) is 43.4 Å². The fraction of sp³-hybridized carbons (Fsp3) is 0.478. The van der Waals surface area contributed by atoms with Crippen molar-refractivity contribution in [1.29, 1.82) is 0 Å². The number of hydrogen-bond donors (Lipinski definition) is 1. The van der Waals surface area contributed by atoms with Gasteiger partial charge in [-0.05, 0) is 38.8 Å². The molecular weight excluding hydrogens is 378 g/mol. The number of carbonyl (C=O) groups excluding carboxylic acids is 1. The highest BCUT2D eigenvalue weighted by Crippen LogP contribution is 2.28. The molecule has 1 aliphatic rings. The van der Waals surface area contributed by atoms with Gasteiger partial charge in [0.25, 0.3) is 0 Å². The molecule has 1 N–H and O–H groups in total. The third-order valence-electron chi connectivity index (χ3n) is 5.08. The Balaban J connectivity index is 1.75. The van der Waals surface area contributed by atoms with E-state index in [0.717, 1.165) is 5.56 Å². The lowest BCUT2D eigenvalue weighted by atomic mass is 9.90. The smallest absolute Gasteiger partial charge is 0.151 e. The lowest BCUT2D eigenvalue weighted by Crippen LogP contribution is -2.23. The number of nitrogens with one attached hydrogen (secondary N) is 1. The molecule has 1 fully saturated rings. The van der Waals surface area contributed by atoms with Gasteiger partial charge in [0.05, 0.1) is 25.5 Å². The standard InChI is InChI=1S/C23H29N5O2/c1-4-19-13-26-23(14-24-19)27-22-11-21(30-16-17-8-6-5-7-9-17)18(12-25-22)10-20(29)15-28(2)3/h1,11-14,17H,5-10,15-16H2,2-3H3,(H,25,26,27). The Bertz CT molecular complexity index is 883. The van der Waals surface area contributed by atoms with Crippen molar-refractivity contribution in [1.82, 2.24) is 19.9 Å². The van der Waals surface area contributed by atoms with E-state index in [4.69, 9.17) is 11.2 Å². The van der Waals surface area contributed by atoms with Crippen molar-refractivity contribution in [2.75, 3.05) is 32.6 Å². The maximum absolute atomic E-state index is 12.3. The average Bonchev–Trinajstić information content (AvgIpc) is 2.74. The lowest BCUT2D eigenvalue weighted by Gasteiger charge is -2.22. The van der Waals surface area contributed by atoms with Crippen LogP contribution in [0.25, 0.3) is 0 Å². The van der Waals surface area contributed by atoms with Gasteiger partial charge in [0, 0.05) is 24.2 Å². The summed E-state index contributed by atoms with van der Waals surface area (Å²) in [5.41, 5.74) is 1.27. The fourth-order valence-corrected chi connectivity index (χ4v) is 3.58. The molecule has 7 nitrogen and oxygen atoms in total. The van der Waals surface area contributed by atoms with E-state index in [1.54, 1.807) is 12.4 Å². The Morgan fingerprint density at radius 2 is 1.93 bits per heavy atom. The number of ether oxygens (including phenoxy) is 1. The number of ketones is 1. The molecule has 0 amide bonds. The van der Waals surface area contributed by atoms with Gasteiger partial charge >= 0.3 is 0 Å². The second-order valence-corrected chi connectivity index (χ2v) is 8.00. The zero-order valence-corrected chi connectivity index (χ0v) is 17.7. The van der Waals surface area contributed by atoms with Crippen LogP contribution >= 0.6 is 0 Å². The van der Waals surface area contributed by atoms with E-state index < -0.39 is 0 Å². The molecule has 0 saturated heterocycles. The number of terminal acetylenes is 1. The SMILES string of the molecule is C#Cc1cnc(Nc2cc(OCC3CCCCC3)c(CC(=O)CN(C)C)cn2)cn1. The number of aromatic nitrogens is 3. The molecule has 2 heterocycles. The van der Waals surface area contributed by atoms with Gasteiger partial charge in [0.1, 0.15) is 23.1 Å². The predicted molar refractivity (Wildman–Crippen MR) is 117 cm³/mol. The summed E-state index contributed by atoms with van der Waals surface area (Å²) in [5.74, 6) is 4.95. The first-order valence-corrected chi connectivity index (χ1v) is 10.4. The zero-order chi connectivity index (χ0) is 21.3. The van der Waals surface area contributed by atoms with Crippen LogP contribution in [0.15, 0.2) is 24.7 Å². The lowest BCUT2D eigenvalue weighted by molar-refractivity contribution is -0.119. The van der Waals surface area contributed by atoms with Crippen LogP contribution in [0.3, 0.4) is 0 Å². The van der Waals surface area contributed by atoms with E-state index in [1.165, 1.54) is 38.3 Å². The van der Waals surface area contributed by atoms with Crippen LogP contribution in [-0.4, -0.2) is 52.9 Å². The molecule has 0 unspecified atom stereocenters. The molecule has 0 atom stereocenters. The molecule has 2 aromatic heterocycles. The van der Waals surface area contributed by atoms with Crippen molar-refractivity contribution in [3.8, 4) is 18.1 Å². The molecule has 1 saturated carbocycles. The van der Waals surface area contributed by atoms with E-state index in [0.29, 0.717) is 48.6 Å². The van der Waals surface area contributed by atoms with Crippen LogP contribution in [0.4, 0.5) is 11.6 Å². The normalized spacial score (nSPS) is 14.3. The van der Waals surface area contributed by atoms with Gasteiger partial charge in [-0.25, -0.2) is 15.0 Å². The summed E-state index contributed by atoms with van der Waals surface area (Å²) in [6, 6.07) is 1.83. The average molecular weight is 408 g/mol. The number of rotatable bonds is 9. The zero-order valence-electron chi connectivity index (χ0n) is 17.7. The fourth-order valence-electron chi connectivity index (χ4n) is 3.58. The predicted octanol–water partition coefficient (Wildman–Crippen LogP) is 3.23. The summed E-state index contributed by atoms with van der Waals surface area (Å²) in [5, 5.41) is 3.12. The molecule has 0 spiro atoms. The van der Waals surface area contributed by atoms with Crippen molar-refractivity contribution in [2.45, 2.75) is 38.5 Å². The van der Waals surface area contributed by atoms with E-state index in [2.05, 4.69) is 26.2 Å². The van der Waals surface area contributed by atoms with Crippen LogP contribution in [0, 0.1) is 18.3 Å². The maximum atomic E-state index is 12.3. The van der Waals surface area contributed by atoms with E-state index in [9.17, 15) is 4.79 Å². The van der Waals surface area contributed by atoms with Crippen LogP contribution in [0.2, 0.25) is 0 Å². The Hall–Kier alpha value is -2.98. The largest absolute Gasteiger partial charge is 0.493 e. The van der Waals surface area contributed by atoms with E-state index in [1.807, 2.05) is 25.1 Å². The third-order valence-corrected chi connectivity index (χ3v) is 5.08. The second-order valence-electron chi connectivity index (χ2n) is 8.00. The van der Waals surface area contributed by atoms with Crippen molar-refractivity contribution in [3.63, 3.8) is 0 Å². The van der Waals surface area contributed by atoms with Gasteiger partial charge in [-0.2, -0.15) is 0 Å². The van der Waals surface area contributed by atoms with Crippen molar-refractivity contribution in [2.24, 2.45) is 5.92 Å². The topological polar surface area (TPSA) is 80.2 Å². The number of pyridine rings is 1. The number of nitrogens with zero attached hydrogens (tertiary/aromatic N) is 4. The van der Waals surface area contributed by atoms with Crippen LogP contribution in [-0.2, 0) is 11.2 Å². The first-order valence-electron chi connectivity index (χ1n) is 10.4. The van der Waals surface area contributed by atoms with Crippen LogP contribution in [0.5, 0.6) is 5.75 Å². The molecule has 0 radical (unpaired) electrons. The van der Waals surface area contributed by atoms with Crippen molar-refractivity contribution < 1.29 is 9.53 Å². The number of Topliss-reactive ketones (excluding diaryl/α,β-unsaturated/α-hetero) is 1. The quantitative estimate of drug-likeness (QED) is 0.639. The monoisotopic (exact) mass is 407 g/mol. The summed E-state index contributed by atoms with van der Waals surface area (Å²) >= 11 is 0. The Morgan fingerprint density at radius 1 is 1.17 bits per heavy atom. The van der Waals surface area contributed by atoms with E-state index in [-0.39, 0.29) is 5.78 Å². The first-order chi connectivity index (χ1) is 14.5. The van der Waals surface area contributed by atoms with Gasteiger partial charge in [0.2, 0.25) is 0 Å². The summed E-state index contributed by atoms with van der Waals surface area (Å²) < 4.78 is 6.19. The number of anilines is 2. The number of hydrogen-bond acceptors (Lipinski definition) is 7. The first kappa shape index (κ1) is 21.7. The summed E-state index contributed by atoms with van der Waals surface area (Å²) in [6.07, 6.45) is 16.6. The second kappa shape index (κ2) is 10.7. The molecule has 7 heteroatoms. The molecule has 1 aliphatic carbocycles. The van der Waals surface area contributed by atoms with Gasteiger partial charge in [-0.3, -0.25) is 4.79 Å². The van der Waals surface area contributed by atoms with Crippen LogP contribution < -0.4 is 10.1 Å². The minimum absolute atomic E-state index is 0.126. The Labute approximate surface area is 178 Å². The van der Waals surface area contributed by atoms with E-state index >= 15 is 0 Å². The van der Waals surface area contributed by atoms with Gasteiger partial charge in [-0.1, -0.05) is 19.3 Å². The molecule has 0 bridgehead atoms.